The van der Waals surface area contributed by atoms with Crippen LogP contribution in [0.3, 0.4) is 0 Å². The summed E-state index contributed by atoms with van der Waals surface area (Å²) in [6.07, 6.45) is 7.30. The van der Waals surface area contributed by atoms with E-state index in [1.165, 1.54) is 7.11 Å². The van der Waals surface area contributed by atoms with E-state index in [4.69, 9.17) is 4.74 Å². The maximum Gasteiger partial charge on any atom is 0.328 e. The van der Waals surface area contributed by atoms with E-state index in [0.717, 1.165) is 16.7 Å². The Hall–Kier alpha value is -3.22. The summed E-state index contributed by atoms with van der Waals surface area (Å²) in [5.74, 6) is 0.0317. The minimum atomic E-state index is -0.558. The van der Waals surface area contributed by atoms with Crippen molar-refractivity contribution in [3.63, 3.8) is 0 Å². The molecule has 1 atom stereocenters. The number of hydrogen-bond acceptors (Lipinski definition) is 6. The molecule has 24 heavy (non-hydrogen) atoms. The second-order valence-corrected chi connectivity index (χ2v) is 5.18. The van der Waals surface area contributed by atoms with Crippen LogP contribution in [0.5, 0.6) is 0 Å². The lowest BCUT2D eigenvalue weighted by Gasteiger charge is -2.16. The molecule has 7 nitrogen and oxygen atoms in total. The van der Waals surface area contributed by atoms with Gasteiger partial charge >= 0.3 is 5.97 Å². The van der Waals surface area contributed by atoms with Gasteiger partial charge in [0.15, 0.2) is 0 Å². The van der Waals surface area contributed by atoms with Crippen LogP contribution in [0.2, 0.25) is 0 Å². The van der Waals surface area contributed by atoms with Crippen LogP contribution >= 0.6 is 0 Å². The van der Waals surface area contributed by atoms with Crippen LogP contribution in [0.15, 0.2) is 55.1 Å². The number of nitrogens with one attached hydrogen (secondary N) is 2. The second-order valence-electron chi connectivity index (χ2n) is 5.18. The fourth-order valence-electron chi connectivity index (χ4n) is 2.34. The third kappa shape index (κ3) is 3.75. The van der Waals surface area contributed by atoms with Gasteiger partial charge in [-0.25, -0.2) is 14.8 Å². The maximum absolute atomic E-state index is 12.0. The lowest BCUT2D eigenvalue weighted by Crippen LogP contribution is -2.33. The van der Waals surface area contributed by atoms with Crippen LogP contribution in [0.4, 0.5) is 5.95 Å². The molecule has 122 valence electrons. The molecule has 0 saturated heterocycles. The molecule has 0 aliphatic heterocycles. The number of carbonyl (C=O) groups is 1. The number of aromatic amines is 1. The SMILES string of the molecule is COC(=O)C(Cc1ccc(-c2cn[nH]c2)cc1)Nc1ncccn1. The first-order valence-corrected chi connectivity index (χ1v) is 7.46. The van der Waals surface area contributed by atoms with Crippen molar-refractivity contribution in [2.75, 3.05) is 12.4 Å². The average molecular weight is 323 g/mol. The number of nitrogens with zero attached hydrogens (tertiary/aromatic N) is 3. The topological polar surface area (TPSA) is 92.8 Å². The summed E-state index contributed by atoms with van der Waals surface area (Å²) in [6.45, 7) is 0. The van der Waals surface area contributed by atoms with Crippen molar-refractivity contribution >= 4 is 11.9 Å². The third-order valence-electron chi connectivity index (χ3n) is 3.58. The molecule has 0 saturated carbocycles. The van der Waals surface area contributed by atoms with E-state index in [1.807, 2.05) is 30.5 Å². The Morgan fingerprint density at radius 3 is 2.58 bits per heavy atom. The zero-order valence-electron chi connectivity index (χ0n) is 13.1. The lowest BCUT2D eigenvalue weighted by molar-refractivity contribution is -0.141. The number of methoxy groups -OCH3 is 1. The summed E-state index contributed by atoms with van der Waals surface area (Å²) in [4.78, 5) is 20.2. The monoisotopic (exact) mass is 323 g/mol. The Morgan fingerprint density at radius 1 is 1.21 bits per heavy atom. The lowest BCUT2D eigenvalue weighted by atomic mass is 10.0. The van der Waals surface area contributed by atoms with Gasteiger partial charge in [0.05, 0.1) is 13.3 Å². The number of benzene rings is 1. The van der Waals surface area contributed by atoms with Crippen LogP contribution in [0, 0.1) is 0 Å². The molecule has 2 heterocycles. The van der Waals surface area contributed by atoms with Crippen LogP contribution in [-0.4, -0.2) is 39.3 Å². The molecule has 0 aliphatic carbocycles. The zero-order chi connectivity index (χ0) is 16.8. The number of anilines is 1. The first-order chi connectivity index (χ1) is 11.8. The van der Waals surface area contributed by atoms with Gasteiger partial charge < -0.3 is 10.1 Å². The Kier molecular flexibility index (Phi) is 4.81. The van der Waals surface area contributed by atoms with Crippen molar-refractivity contribution in [3.8, 4) is 11.1 Å². The summed E-state index contributed by atoms with van der Waals surface area (Å²) >= 11 is 0. The number of hydrogen-bond donors (Lipinski definition) is 2. The first kappa shape index (κ1) is 15.7. The minimum Gasteiger partial charge on any atom is -0.467 e. The van der Waals surface area contributed by atoms with Crippen molar-refractivity contribution in [1.82, 2.24) is 20.2 Å². The van der Waals surface area contributed by atoms with Gasteiger partial charge in [0.25, 0.3) is 0 Å². The maximum atomic E-state index is 12.0. The number of aromatic nitrogens is 4. The van der Waals surface area contributed by atoms with Gasteiger partial charge in [-0.1, -0.05) is 24.3 Å². The van der Waals surface area contributed by atoms with Crippen molar-refractivity contribution in [2.24, 2.45) is 0 Å². The highest BCUT2D eigenvalue weighted by Crippen LogP contribution is 2.19. The van der Waals surface area contributed by atoms with Crippen LogP contribution < -0.4 is 5.32 Å². The van der Waals surface area contributed by atoms with Crippen LogP contribution in [0.25, 0.3) is 11.1 Å². The molecule has 1 aromatic carbocycles. The number of H-pyrrole nitrogens is 1. The van der Waals surface area contributed by atoms with E-state index in [9.17, 15) is 4.79 Å². The summed E-state index contributed by atoms with van der Waals surface area (Å²) in [5, 5.41) is 9.74. The van der Waals surface area contributed by atoms with Gasteiger partial charge in [-0.15, -0.1) is 0 Å². The summed E-state index contributed by atoms with van der Waals surface area (Å²) in [7, 11) is 1.37. The molecule has 3 rings (SSSR count). The molecule has 7 heteroatoms. The van der Waals surface area contributed by atoms with Crippen molar-refractivity contribution < 1.29 is 9.53 Å². The predicted octanol–water partition coefficient (Wildman–Crippen LogP) is 2.06. The molecule has 2 N–H and O–H groups in total. The summed E-state index contributed by atoms with van der Waals surface area (Å²) in [6, 6.07) is 9.10. The zero-order valence-corrected chi connectivity index (χ0v) is 13.1. The third-order valence-corrected chi connectivity index (χ3v) is 3.58. The quantitative estimate of drug-likeness (QED) is 0.675. The highest BCUT2D eigenvalue weighted by Gasteiger charge is 2.20. The highest BCUT2D eigenvalue weighted by atomic mass is 16.5. The molecule has 0 amide bonds. The molecule has 0 fully saturated rings. The fourth-order valence-corrected chi connectivity index (χ4v) is 2.34. The molecule has 3 aromatic rings. The largest absolute Gasteiger partial charge is 0.467 e. The predicted molar refractivity (Wildman–Crippen MR) is 89.2 cm³/mol. The van der Waals surface area contributed by atoms with Crippen molar-refractivity contribution in [3.05, 3.63) is 60.7 Å². The smallest absolute Gasteiger partial charge is 0.328 e. The van der Waals surface area contributed by atoms with E-state index < -0.39 is 6.04 Å². The Morgan fingerprint density at radius 2 is 1.96 bits per heavy atom. The normalized spacial score (nSPS) is 11.7. The van der Waals surface area contributed by atoms with Gasteiger partial charge in [-0.2, -0.15) is 5.10 Å². The average Bonchev–Trinajstić information content (AvgIpc) is 3.16. The molecular weight excluding hydrogens is 306 g/mol. The van der Waals surface area contributed by atoms with E-state index in [1.54, 1.807) is 24.7 Å². The standard InChI is InChI=1S/C17H17N5O2/c1-24-16(23)15(22-17-18-7-2-8-19-17)9-12-3-5-13(6-4-12)14-10-20-21-11-14/h2-8,10-11,15H,9H2,1H3,(H,20,21)(H,18,19,22). The van der Waals surface area contributed by atoms with Gasteiger partial charge in [0, 0.05) is 30.6 Å². The molecular formula is C17H17N5O2. The summed E-state index contributed by atoms with van der Waals surface area (Å²) < 4.78 is 4.87. The first-order valence-electron chi connectivity index (χ1n) is 7.46. The molecule has 0 spiro atoms. The number of esters is 1. The number of carbonyl (C=O) groups excluding carboxylic acids is 1. The van der Waals surface area contributed by atoms with Gasteiger partial charge in [0.1, 0.15) is 6.04 Å². The van der Waals surface area contributed by atoms with Gasteiger partial charge in [0.2, 0.25) is 5.95 Å². The van der Waals surface area contributed by atoms with E-state index in [-0.39, 0.29) is 5.97 Å². The summed E-state index contributed by atoms with van der Waals surface area (Å²) in [5.41, 5.74) is 3.07. The molecule has 2 aromatic heterocycles. The molecule has 0 aliphatic rings. The van der Waals surface area contributed by atoms with Crippen molar-refractivity contribution in [2.45, 2.75) is 12.5 Å². The fraction of sp³-hybridized carbons (Fsp3) is 0.176. The van der Waals surface area contributed by atoms with Gasteiger partial charge in [-0.05, 0) is 17.2 Å². The number of ether oxygens (including phenoxy) is 1. The van der Waals surface area contributed by atoms with Crippen LogP contribution in [0.1, 0.15) is 5.56 Å². The number of rotatable bonds is 6. The molecule has 0 radical (unpaired) electrons. The van der Waals surface area contributed by atoms with Crippen LogP contribution in [-0.2, 0) is 16.0 Å². The Balaban J connectivity index is 1.73. The minimum absolute atomic E-state index is 0.360. The molecule has 0 bridgehead atoms. The highest BCUT2D eigenvalue weighted by molar-refractivity contribution is 5.79. The Labute approximate surface area is 139 Å². The van der Waals surface area contributed by atoms with E-state index >= 15 is 0 Å². The van der Waals surface area contributed by atoms with Crippen molar-refractivity contribution in [1.29, 1.82) is 0 Å². The molecule has 1 unspecified atom stereocenters. The van der Waals surface area contributed by atoms with Gasteiger partial charge in [-0.3, -0.25) is 5.10 Å². The Bertz CT molecular complexity index is 773. The van der Waals surface area contributed by atoms with E-state index in [2.05, 4.69) is 25.5 Å². The van der Waals surface area contributed by atoms with E-state index in [0.29, 0.717) is 12.4 Å². The second kappa shape index (κ2) is 7.36.